The highest BCUT2D eigenvalue weighted by Crippen LogP contribution is 2.38. The second-order valence-electron chi connectivity index (χ2n) is 20.2. The standard InChI is InChI=1S/C53H83NO14/c1-32-16-12-11-13-17-33(2)44(63-8)30-40-21-19-38(7)53(62,68-40)50(59)51(60)54-23-15-14-18-41(54)52(61)67-45(35(4)28-39-20-22-43(66-25-24-55)46(29-39)64-9)31-42(56)34(3)27-37(6)48(58)49(65-10)47(57)36(5)26-32/h11-13,16-17,27,32,34-36,38-41,43-46,48-49,55,58,62H,14-15,18-26,28-31H2,1-10H3/b13-11+,16-12+,33-17+,37-27+/t32-,34-,35-,36-,38-,39+,40?,41?,43-,44+,45+,46-,48-,49+,53-/m1/s1. The number of methoxy groups -OCH3 is 3. The minimum atomic E-state index is -2.43. The lowest BCUT2D eigenvalue weighted by atomic mass is 9.78. The van der Waals surface area contributed by atoms with Crippen LogP contribution in [0, 0.1) is 35.5 Å². The molecule has 15 heteroatoms. The summed E-state index contributed by atoms with van der Waals surface area (Å²) in [7, 11) is 4.58. The van der Waals surface area contributed by atoms with Crippen LogP contribution in [-0.4, -0.2) is 145 Å². The summed E-state index contributed by atoms with van der Waals surface area (Å²) in [4.78, 5) is 72.1. The Morgan fingerprint density at radius 3 is 2.26 bits per heavy atom. The van der Waals surface area contributed by atoms with Gasteiger partial charge in [-0.05, 0) is 107 Å². The van der Waals surface area contributed by atoms with Crippen LogP contribution < -0.4 is 0 Å². The molecule has 15 nitrogen and oxygen atoms in total. The predicted octanol–water partition coefficient (Wildman–Crippen LogP) is 6.20. The number of rotatable bonds is 9. The number of fused-ring (bicyclic) bond motifs is 3. The number of cyclic esters (lactones) is 1. The number of nitrogens with zero attached hydrogens (tertiary/aromatic N) is 1. The molecule has 2 unspecified atom stereocenters. The maximum absolute atomic E-state index is 14.5. The number of carbonyl (C=O) groups is 5. The number of esters is 1. The number of amides is 1. The fourth-order valence-electron chi connectivity index (χ4n) is 10.5. The fraction of sp³-hybridized carbons (Fsp3) is 0.755. The Balaban J connectivity index is 1.70. The molecular formula is C53H83NO14. The van der Waals surface area contributed by atoms with E-state index >= 15 is 0 Å². The second-order valence-corrected chi connectivity index (χ2v) is 20.2. The molecule has 3 heterocycles. The number of aliphatic hydroxyl groups is 3. The van der Waals surface area contributed by atoms with Crippen molar-refractivity contribution in [1.29, 1.82) is 0 Å². The molecule has 0 radical (unpaired) electrons. The molecular weight excluding hydrogens is 875 g/mol. The number of ketones is 3. The van der Waals surface area contributed by atoms with Crippen LogP contribution in [-0.2, 0) is 52.4 Å². The first-order valence-corrected chi connectivity index (χ1v) is 25.0. The molecule has 4 rings (SSSR count). The zero-order valence-corrected chi connectivity index (χ0v) is 42.4. The van der Waals surface area contributed by atoms with Crippen molar-refractivity contribution in [3.8, 4) is 0 Å². The zero-order valence-electron chi connectivity index (χ0n) is 42.4. The van der Waals surface area contributed by atoms with Crippen LogP contribution in [0.15, 0.2) is 47.6 Å². The van der Waals surface area contributed by atoms with Crippen LogP contribution >= 0.6 is 0 Å². The largest absolute Gasteiger partial charge is 0.460 e. The molecule has 1 amide bonds. The van der Waals surface area contributed by atoms with Gasteiger partial charge in [0.15, 0.2) is 5.78 Å². The summed E-state index contributed by atoms with van der Waals surface area (Å²) in [6.07, 6.45) is 12.0. The Labute approximate surface area is 405 Å². The number of Topliss-reactive ketones (excluding diaryl/α,β-unsaturated/α-hetero) is 3. The summed E-state index contributed by atoms with van der Waals surface area (Å²) >= 11 is 0. The molecule has 3 fully saturated rings. The summed E-state index contributed by atoms with van der Waals surface area (Å²) in [5.41, 5.74) is 1.26. The molecule has 4 aliphatic rings. The van der Waals surface area contributed by atoms with E-state index in [-0.39, 0.29) is 74.1 Å². The normalized spacial score (nSPS) is 39.2. The fourth-order valence-corrected chi connectivity index (χ4v) is 10.5. The van der Waals surface area contributed by atoms with Crippen molar-refractivity contribution in [2.45, 2.75) is 180 Å². The number of allylic oxidation sites excluding steroid dienone is 6. The van der Waals surface area contributed by atoms with Gasteiger partial charge in [0.05, 0.1) is 37.6 Å². The third kappa shape index (κ3) is 15.3. The quantitative estimate of drug-likeness (QED) is 0.134. The molecule has 384 valence electrons. The van der Waals surface area contributed by atoms with Crippen molar-refractivity contribution < 1.29 is 67.7 Å². The van der Waals surface area contributed by atoms with Crippen molar-refractivity contribution in [2.75, 3.05) is 41.1 Å². The summed E-state index contributed by atoms with van der Waals surface area (Å²) in [6.45, 7) is 12.9. The average Bonchev–Trinajstić information content (AvgIpc) is 3.32. The number of aliphatic hydroxyl groups excluding tert-OH is 2. The molecule has 0 aromatic carbocycles. The van der Waals surface area contributed by atoms with Crippen molar-refractivity contribution in [2.24, 2.45) is 35.5 Å². The number of ether oxygens (including phenoxy) is 6. The lowest BCUT2D eigenvalue weighted by Gasteiger charge is -2.42. The molecule has 15 atom stereocenters. The molecule has 1 aliphatic carbocycles. The van der Waals surface area contributed by atoms with Crippen LogP contribution in [0.5, 0.6) is 0 Å². The van der Waals surface area contributed by atoms with Crippen LogP contribution in [0.4, 0.5) is 0 Å². The van der Waals surface area contributed by atoms with Gasteiger partial charge in [0.25, 0.3) is 11.7 Å². The van der Waals surface area contributed by atoms with Crippen molar-refractivity contribution >= 4 is 29.2 Å². The molecule has 0 aromatic rings. The molecule has 68 heavy (non-hydrogen) atoms. The van der Waals surface area contributed by atoms with E-state index < -0.39 is 77.8 Å². The van der Waals surface area contributed by atoms with E-state index in [1.807, 2.05) is 58.1 Å². The van der Waals surface area contributed by atoms with Gasteiger partial charge in [0.2, 0.25) is 5.79 Å². The maximum Gasteiger partial charge on any atom is 0.329 e. The first kappa shape index (κ1) is 57.2. The van der Waals surface area contributed by atoms with Gasteiger partial charge < -0.3 is 48.6 Å². The second kappa shape index (κ2) is 27.3. The van der Waals surface area contributed by atoms with Gasteiger partial charge in [-0.2, -0.15) is 0 Å². The highest BCUT2D eigenvalue weighted by Gasteiger charge is 2.53. The molecule has 1 saturated carbocycles. The monoisotopic (exact) mass is 958 g/mol. The Bertz CT molecular complexity index is 1810. The summed E-state index contributed by atoms with van der Waals surface area (Å²) in [6, 6.07) is -1.14. The molecule has 0 spiro atoms. The number of hydrogen-bond acceptors (Lipinski definition) is 14. The number of hydrogen-bond donors (Lipinski definition) is 3. The van der Waals surface area contributed by atoms with Gasteiger partial charge in [-0.15, -0.1) is 0 Å². The van der Waals surface area contributed by atoms with Crippen LogP contribution in [0.1, 0.15) is 126 Å². The Morgan fingerprint density at radius 2 is 1.59 bits per heavy atom. The Hall–Kier alpha value is -3.41. The van der Waals surface area contributed by atoms with Gasteiger partial charge >= 0.3 is 5.97 Å². The Morgan fingerprint density at radius 1 is 0.853 bits per heavy atom. The van der Waals surface area contributed by atoms with Crippen LogP contribution in [0.3, 0.4) is 0 Å². The molecule has 3 N–H and O–H groups in total. The van der Waals surface area contributed by atoms with Gasteiger partial charge in [-0.3, -0.25) is 19.2 Å². The molecule has 0 aromatic heterocycles. The van der Waals surface area contributed by atoms with E-state index in [1.54, 1.807) is 41.1 Å². The van der Waals surface area contributed by atoms with Gasteiger partial charge in [0, 0.05) is 58.5 Å². The lowest BCUT2D eigenvalue weighted by Crippen LogP contribution is -2.61. The minimum Gasteiger partial charge on any atom is -0.460 e. The number of piperidine rings is 1. The summed E-state index contributed by atoms with van der Waals surface area (Å²) in [5, 5.41) is 32.8. The molecule has 2 bridgehead atoms. The third-order valence-electron chi connectivity index (χ3n) is 14.9. The summed E-state index contributed by atoms with van der Waals surface area (Å²) < 4.78 is 35.6. The smallest absolute Gasteiger partial charge is 0.329 e. The average molecular weight is 958 g/mol. The first-order valence-electron chi connectivity index (χ1n) is 25.0. The van der Waals surface area contributed by atoms with Gasteiger partial charge in [-0.25, -0.2) is 4.79 Å². The van der Waals surface area contributed by atoms with Gasteiger partial charge in [0.1, 0.15) is 30.1 Å². The Kier molecular flexibility index (Phi) is 22.9. The first-order chi connectivity index (χ1) is 32.3. The van der Waals surface area contributed by atoms with E-state index in [4.69, 9.17) is 28.4 Å². The van der Waals surface area contributed by atoms with Crippen LogP contribution in [0.25, 0.3) is 0 Å². The molecule has 3 aliphatic heterocycles. The minimum absolute atomic E-state index is 0.0158. The molecule has 2 saturated heterocycles. The predicted molar refractivity (Wildman–Crippen MR) is 256 cm³/mol. The van der Waals surface area contributed by atoms with Crippen LogP contribution in [0.2, 0.25) is 0 Å². The SMILES string of the molecule is CO[C@H]1CC2CC[C@@H](C)[C@@](O)(O2)C(=O)C(=O)N2CCCCC2C(=O)O[C@H]([C@H](C)C[C@@H]2CC[C@@H](OCCO)[C@H](OC)C2)CC(=O)[C@H](C)/C=C(\C)[C@@H](O)[C@@H](OC)C(=O)[C@H](C)C[C@H](C)/C=C/C=C/C=C/1C. The summed E-state index contributed by atoms with van der Waals surface area (Å²) in [5.74, 6) is -7.96. The van der Waals surface area contributed by atoms with Crippen molar-refractivity contribution in [3.05, 3.63) is 47.6 Å². The zero-order chi connectivity index (χ0) is 50.3. The lowest BCUT2D eigenvalue weighted by molar-refractivity contribution is -0.265. The van der Waals surface area contributed by atoms with E-state index in [0.717, 1.165) is 12.0 Å². The van der Waals surface area contributed by atoms with E-state index in [1.165, 1.54) is 12.0 Å². The highest BCUT2D eigenvalue weighted by atomic mass is 16.6. The third-order valence-corrected chi connectivity index (χ3v) is 14.9. The number of carbonyl (C=O) groups excluding carboxylic acids is 5. The van der Waals surface area contributed by atoms with E-state index in [2.05, 4.69) is 0 Å². The highest BCUT2D eigenvalue weighted by molar-refractivity contribution is 6.39. The van der Waals surface area contributed by atoms with Crippen molar-refractivity contribution in [3.63, 3.8) is 0 Å². The van der Waals surface area contributed by atoms with E-state index in [0.29, 0.717) is 63.4 Å². The van der Waals surface area contributed by atoms with Gasteiger partial charge in [-0.1, -0.05) is 71.1 Å². The van der Waals surface area contributed by atoms with E-state index in [9.17, 15) is 39.3 Å². The van der Waals surface area contributed by atoms with Crippen molar-refractivity contribution in [1.82, 2.24) is 4.90 Å². The maximum atomic E-state index is 14.5. The topological polar surface area (TPSA) is 205 Å².